The van der Waals surface area contributed by atoms with E-state index in [-0.39, 0.29) is 23.1 Å². The maximum atomic E-state index is 13.1. The van der Waals surface area contributed by atoms with E-state index in [0.717, 1.165) is 11.3 Å². The lowest BCUT2D eigenvalue weighted by Gasteiger charge is -2.31. The van der Waals surface area contributed by atoms with Gasteiger partial charge >= 0.3 is 0 Å². The lowest BCUT2D eigenvalue weighted by Crippen LogP contribution is -2.43. The normalized spacial score (nSPS) is 17.4. The van der Waals surface area contributed by atoms with E-state index in [1.807, 2.05) is 13.0 Å². The summed E-state index contributed by atoms with van der Waals surface area (Å²) in [5.74, 6) is 0.175. The number of tetrazole rings is 1. The van der Waals surface area contributed by atoms with Crippen LogP contribution in [0.1, 0.15) is 35.7 Å². The number of rotatable bonds is 5. The quantitative estimate of drug-likeness (QED) is 0.611. The van der Waals surface area contributed by atoms with E-state index in [4.69, 9.17) is 4.52 Å². The van der Waals surface area contributed by atoms with Gasteiger partial charge in [-0.05, 0) is 68.7 Å². The number of piperidine rings is 1. The third-order valence-corrected chi connectivity index (χ3v) is 7.76. The molecule has 11 nitrogen and oxygen atoms in total. The first-order chi connectivity index (χ1) is 15.2. The number of nitrogens with zero attached hydrogens (tertiary/aromatic N) is 6. The summed E-state index contributed by atoms with van der Waals surface area (Å²) in [6.45, 7) is 7.34. The van der Waals surface area contributed by atoms with Gasteiger partial charge in [-0.2, -0.15) is 8.99 Å². The number of nitrogens with one attached hydrogen (secondary N) is 1. The molecule has 0 aliphatic carbocycles. The van der Waals surface area contributed by atoms with Gasteiger partial charge in [-0.25, -0.2) is 8.42 Å². The van der Waals surface area contributed by atoms with Gasteiger partial charge in [0.2, 0.25) is 15.9 Å². The van der Waals surface area contributed by atoms with E-state index >= 15 is 0 Å². The van der Waals surface area contributed by atoms with Crippen molar-refractivity contribution in [1.82, 2.24) is 29.7 Å². The number of anilines is 1. The highest BCUT2D eigenvalue weighted by atomic mass is 32.2. The van der Waals surface area contributed by atoms with E-state index in [1.54, 1.807) is 37.6 Å². The number of benzene rings is 1. The molecule has 1 aliphatic heterocycles. The highest BCUT2D eigenvalue weighted by molar-refractivity contribution is 7.89. The summed E-state index contributed by atoms with van der Waals surface area (Å²) < 4.78 is 34.2. The van der Waals surface area contributed by atoms with E-state index < -0.39 is 15.9 Å². The van der Waals surface area contributed by atoms with Crippen LogP contribution in [0.4, 0.5) is 5.69 Å². The summed E-state index contributed by atoms with van der Waals surface area (Å²) in [6, 6.07) is 5.48. The first-order valence-electron chi connectivity index (χ1n) is 10.3. The van der Waals surface area contributed by atoms with Crippen molar-refractivity contribution in [2.75, 3.05) is 18.4 Å². The van der Waals surface area contributed by atoms with Gasteiger partial charge < -0.3 is 9.84 Å². The van der Waals surface area contributed by atoms with Crippen LogP contribution in [0.15, 0.2) is 27.6 Å². The van der Waals surface area contributed by atoms with Crippen molar-refractivity contribution in [3.8, 4) is 5.69 Å². The third kappa shape index (κ3) is 4.02. The first kappa shape index (κ1) is 22.1. The fourth-order valence-corrected chi connectivity index (χ4v) is 5.78. The first-order valence-corrected chi connectivity index (χ1v) is 11.7. The molecule has 32 heavy (non-hydrogen) atoms. The maximum Gasteiger partial charge on any atom is 0.248 e. The predicted molar refractivity (Wildman–Crippen MR) is 115 cm³/mol. The number of sulfonamides is 1. The van der Waals surface area contributed by atoms with Crippen molar-refractivity contribution in [1.29, 1.82) is 0 Å². The average molecular weight is 460 g/mol. The lowest BCUT2D eigenvalue weighted by atomic mass is 9.98. The Bertz CT molecular complexity index is 1250. The molecule has 0 saturated carbocycles. The Morgan fingerprint density at radius 1 is 1.22 bits per heavy atom. The van der Waals surface area contributed by atoms with Crippen molar-refractivity contribution in [3.05, 3.63) is 41.0 Å². The van der Waals surface area contributed by atoms with E-state index in [2.05, 4.69) is 26.0 Å². The van der Waals surface area contributed by atoms with Gasteiger partial charge in [-0.15, -0.1) is 5.10 Å². The number of aromatic nitrogens is 5. The monoisotopic (exact) mass is 459 g/mol. The number of carbonyl (C=O) groups excluding carboxylic acids is 1. The third-order valence-electron chi connectivity index (χ3n) is 5.65. The summed E-state index contributed by atoms with van der Waals surface area (Å²) in [6.07, 6.45) is 1.19. The van der Waals surface area contributed by atoms with Gasteiger partial charge in [0, 0.05) is 18.8 Å². The molecule has 3 aromatic rings. The van der Waals surface area contributed by atoms with Crippen LogP contribution in [0.5, 0.6) is 0 Å². The second-order valence-electron chi connectivity index (χ2n) is 7.98. The lowest BCUT2D eigenvalue weighted by molar-refractivity contribution is -0.120. The molecule has 1 amide bonds. The molecule has 2 aromatic heterocycles. The molecule has 1 atom stereocenters. The topological polar surface area (TPSA) is 136 Å². The Morgan fingerprint density at radius 2 is 2.00 bits per heavy atom. The molecule has 0 spiro atoms. The van der Waals surface area contributed by atoms with Crippen molar-refractivity contribution in [2.45, 2.75) is 45.4 Å². The van der Waals surface area contributed by atoms with Crippen molar-refractivity contribution in [3.63, 3.8) is 0 Å². The summed E-state index contributed by atoms with van der Waals surface area (Å²) in [4.78, 5) is 13.1. The molecule has 0 radical (unpaired) electrons. The Labute approximate surface area is 185 Å². The number of hydrogen-bond acceptors (Lipinski definition) is 8. The molecule has 1 unspecified atom stereocenters. The molecule has 12 heteroatoms. The van der Waals surface area contributed by atoms with Gasteiger partial charge in [0.1, 0.15) is 10.6 Å². The van der Waals surface area contributed by atoms with Crippen LogP contribution < -0.4 is 5.32 Å². The zero-order valence-corrected chi connectivity index (χ0v) is 19.2. The summed E-state index contributed by atoms with van der Waals surface area (Å²) in [7, 11) is -3.79. The largest absolute Gasteiger partial charge is 0.360 e. The maximum absolute atomic E-state index is 13.1. The van der Waals surface area contributed by atoms with Crippen LogP contribution >= 0.6 is 0 Å². The van der Waals surface area contributed by atoms with Gasteiger partial charge in [-0.1, -0.05) is 11.2 Å². The summed E-state index contributed by atoms with van der Waals surface area (Å²) in [5, 5.41) is 18.2. The molecular weight excluding hydrogens is 434 g/mol. The smallest absolute Gasteiger partial charge is 0.248 e. The van der Waals surface area contributed by atoms with Crippen LogP contribution in [0, 0.1) is 33.6 Å². The van der Waals surface area contributed by atoms with E-state index in [9.17, 15) is 13.2 Å². The standard InChI is InChI=1S/C20H25N7O4S/c1-12-7-8-17(10-18(12)27-15(4)22-24-25-27)21-20(28)16-6-5-9-26(11-16)32(29,30)19-13(2)23-31-14(19)3/h7-8,10,16H,5-6,9,11H2,1-4H3,(H,21,28). The van der Waals surface area contributed by atoms with Crippen molar-refractivity contribution in [2.24, 2.45) is 5.92 Å². The molecular formula is C20H25N7O4S. The average Bonchev–Trinajstić information content (AvgIpc) is 3.34. The van der Waals surface area contributed by atoms with Crippen molar-refractivity contribution < 1.29 is 17.7 Å². The summed E-state index contributed by atoms with van der Waals surface area (Å²) >= 11 is 0. The van der Waals surface area contributed by atoms with Gasteiger partial charge in [0.15, 0.2) is 11.6 Å². The number of carbonyl (C=O) groups is 1. The minimum atomic E-state index is -3.79. The molecule has 3 heterocycles. The summed E-state index contributed by atoms with van der Waals surface area (Å²) in [5.41, 5.74) is 2.62. The Kier molecular flexibility index (Phi) is 5.82. The predicted octanol–water partition coefficient (Wildman–Crippen LogP) is 1.92. The van der Waals surface area contributed by atoms with Gasteiger partial charge in [0.25, 0.3) is 0 Å². The molecule has 1 saturated heterocycles. The number of amides is 1. The van der Waals surface area contributed by atoms with Gasteiger partial charge in [0.05, 0.1) is 11.6 Å². The molecule has 1 aromatic carbocycles. The van der Waals surface area contributed by atoms with Crippen LogP contribution in [0.2, 0.25) is 0 Å². The van der Waals surface area contributed by atoms with Crippen LogP contribution in [0.25, 0.3) is 5.69 Å². The molecule has 170 valence electrons. The molecule has 1 N–H and O–H groups in total. The van der Waals surface area contributed by atoms with Crippen LogP contribution in [-0.4, -0.2) is 57.1 Å². The van der Waals surface area contributed by atoms with Crippen LogP contribution in [0.3, 0.4) is 0 Å². The molecule has 4 rings (SSSR count). The number of hydrogen-bond donors (Lipinski definition) is 1. The highest BCUT2D eigenvalue weighted by Crippen LogP contribution is 2.28. The fraction of sp³-hybridized carbons (Fsp3) is 0.450. The Hall–Kier alpha value is -3.12. The van der Waals surface area contributed by atoms with Crippen molar-refractivity contribution >= 4 is 21.6 Å². The van der Waals surface area contributed by atoms with Crippen LogP contribution in [-0.2, 0) is 14.8 Å². The SMILES string of the molecule is Cc1ccc(NC(=O)C2CCCN(S(=O)(=O)c3c(C)noc3C)C2)cc1-n1nnnc1C. The second-order valence-corrected chi connectivity index (χ2v) is 9.86. The Balaban J connectivity index is 1.52. The molecule has 0 bridgehead atoms. The zero-order chi connectivity index (χ0) is 23.0. The molecule has 1 fully saturated rings. The minimum absolute atomic E-state index is 0.0820. The zero-order valence-electron chi connectivity index (χ0n) is 18.4. The van der Waals surface area contributed by atoms with E-state index in [1.165, 1.54) is 4.31 Å². The van der Waals surface area contributed by atoms with E-state index in [0.29, 0.717) is 36.6 Å². The number of aryl methyl sites for hydroxylation is 4. The molecule has 1 aliphatic rings. The fourth-order valence-electron chi connectivity index (χ4n) is 3.96. The van der Waals surface area contributed by atoms with Gasteiger partial charge in [-0.3, -0.25) is 4.79 Å². The Morgan fingerprint density at radius 3 is 2.66 bits per heavy atom. The highest BCUT2D eigenvalue weighted by Gasteiger charge is 2.36. The second kappa shape index (κ2) is 8.43. The minimum Gasteiger partial charge on any atom is -0.360 e.